The van der Waals surface area contributed by atoms with Crippen LogP contribution in [-0.4, -0.2) is 52.2 Å². The largest absolute Gasteiger partial charge is 0.280 e. The molecule has 1 fully saturated rings. The van der Waals surface area contributed by atoms with Crippen LogP contribution in [0.3, 0.4) is 0 Å². The Morgan fingerprint density at radius 1 is 1.36 bits per heavy atom. The first kappa shape index (κ1) is 18.3. The van der Waals surface area contributed by atoms with Gasteiger partial charge in [-0.25, -0.2) is 13.1 Å². The minimum Gasteiger partial charge on any atom is -0.280 e. The molecule has 1 unspecified atom stereocenters. The zero-order valence-electron chi connectivity index (χ0n) is 14.6. The van der Waals surface area contributed by atoms with Gasteiger partial charge in [-0.2, -0.15) is 4.98 Å². The van der Waals surface area contributed by atoms with E-state index < -0.39 is 9.84 Å². The second-order valence-electron chi connectivity index (χ2n) is 6.66. The molecule has 0 spiro atoms. The maximum absolute atomic E-state index is 11.8. The first-order chi connectivity index (χ1) is 11.9. The summed E-state index contributed by atoms with van der Waals surface area (Å²) in [6, 6.07) is 8.16. The molecule has 1 N–H and O–H groups in total. The molecule has 6 nitrogen and oxygen atoms in total. The van der Waals surface area contributed by atoms with Crippen LogP contribution in [0, 0.1) is 11.7 Å². The predicted octanol–water partition coefficient (Wildman–Crippen LogP) is 2.77. The first-order valence-corrected chi connectivity index (χ1v) is 10.8. The Hall–Kier alpha value is -1.51. The van der Waals surface area contributed by atoms with Gasteiger partial charge in [-0.15, -0.1) is 0 Å². The van der Waals surface area contributed by atoms with Crippen molar-refractivity contribution in [2.75, 3.05) is 18.1 Å². The average molecular weight is 381 g/mol. The van der Waals surface area contributed by atoms with Gasteiger partial charge < -0.3 is 0 Å². The minimum absolute atomic E-state index is 0.0537. The molecule has 0 amide bonds. The van der Waals surface area contributed by atoms with Gasteiger partial charge in [0.25, 0.3) is 0 Å². The van der Waals surface area contributed by atoms with Crippen LogP contribution in [0.2, 0.25) is 0 Å². The molecule has 1 saturated heterocycles. The smallest absolute Gasteiger partial charge is 0.217 e. The Bertz CT molecular complexity index is 884. The fourth-order valence-electron chi connectivity index (χ4n) is 3.19. The highest BCUT2D eigenvalue weighted by molar-refractivity contribution is 7.91. The number of hydrogen-bond acceptors (Lipinski definition) is 5. The second-order valence-corrected chi connectivity index (χ2v) is 9.25. The van der Waals surface area contributed by atoms with Crippen LogP contribution in [0.15, 0.2) is 24.3 Å². The van der Waals surface area contributed by atoms with Crippen LogP contribution >= 0.6 is 12.2 Å². The van der Waals surface area contributed by atoms with Crippen molar-refractivity contribution in [3.63, 3.8) is 0 Å². The van der Waals surface area contributed by atoms with E-state index in [1.807, 2.05) is 35.9 Å². The Labute approximate surface area is 153 Å². The standard InChI is InChI=1S/C17H24N4O2S2/c1-3-9-20(15-8-10-25(22,23)11-15)12-21-17(24)18-16(19-21)14-6-4-13(2)5-7-14/h4-7,15H,3,8-12H2,1-2H3,(H,18,19,24). The summed E-state index contributed by atoms with van der Waals surface area (Å²) in [5.74, 6) is 1.25. The van der Waals surface area contributed by atoms with Crippen molar-refractivity contribution >= 4 is 22.1 Å². The summed E-state index contributed by atoms with van der Waals surface area (Å²) in [7, 11) is -2.91. The highest BCUT2D eigenvalue weighted by atomic mass is 32.2. The third kappa shape index (κ3) is 4.37. The van der Waals surface area contributed by atoms with E-state index in [-0.39, 0.29) is 17.5 Å². The molecular formula is C17H24N4O2S2. The molecule has 8 heteroatoms. The van der Waals surface area contributed by atoms with E-state index in [2.05, 4.69) is 21.9 Å². The van der Waals surface area contributed by atoms with E-state index >= 15 is 0 Å². The van der Waals surface area contributed by atoms with Gasteiger partial charge in [-0.1, -0.05) is 36.8 Å². The number of H-pyrrole nitrogens is 1. The highest BCUT2D eigenvalue weighted by Crippen LogP contribution is 2.20. The summed E-state index contributed by atoms with van der Waals surface area (Å²) < 4.78 is 25.9. The number of aromatic nitrogens is 3. The van der Waals surface area contributed by atoms with Crippen molar-refractivity contribution in [1.29, 1.82) is 0 Å². The summed E-state index contributed by atoms with van der Waals surface area (Å²) in [5, 5.41) is 3.26. The van der Waals surface area contributed by atoms with Gasteiger partial charge in [0.1, 0.15) is 0 Å². The van der Waals surface area contributed by atoms with Crippen molar-refractivity contribution in [2.24, 2.45) is 0 Å². The number of nitrogens with zero attached hydrogens (tertiary/aromatic N) is 3. The molecule has 2 aromatic rings. The third-order valence-electron chi connectivity index (χ3n) is 4.56. The van der Waals surface area contributed by atoms with Crippen LogP contribution in [0.1, 0.15) is 25.3 Å². The van der Waals surface area contributed by atoms with Crippen LogP contribution < -0.4 is 0 Å². The molecular weight excluding hydrogens is 356 g/mol. The molecule has 3 rings (SSSR count). The number of sulfone groups is 1. The van der Waals surface area contributed by atoms with Gasteiger partial charge in [0.2, 0.25) is 4.77 Å². The molecule has 0 saturated carbocycles. The molecule has 2 heterocycles. The molecule has 1 aromatic heterocycles. The normalized spacial score (nSPS) is 19.6. The number of nitrogens with one attached hydrogen (secondary N) is 1. The SMILES string of the molecule is CCCN(Cn1[nH]c(-c2ccc(C)cc2)nc1=S)C1CCS(=O)(=O)C1. The van der Waals surface area contributed by atoms with Gasteiger partial charge >= 0.3 is 0 Å². The Kier molecular flexibility index (Phi) is 5.41. The van der Waals surface area contributed by atoms with E-state index in [0.29, 0.717) is 17.9 Å². The van der Waals surface area contributed by atoms with E-state index in [1.54, 1.807) is 0 Å². The van der Waals surface area contributed by atoms with Gasteiger partial charge in [-0.3, -0.25) is 10.00 Å². The van der Waals surface area contributed by atoms with Crippen LogP contribution in [0.5, 0.6) is 0 Å². The van der Waals surface area contributed by atoms with Gasteiger partial charge in [0, 0.05) is 11.6 Å². The average Bonchev–Trinajstić information content (AvgIpc) is 3.10. The molecule has 1 atom stereocenters. The van der Waals surface area contributed by atoms with E-state index in [4.69, 9.17) is 12.2 Å². The quantitative estimate of drug-likeness (QED) is 0.780. The topological polar surface area (TPSA) is 71.0 Å². The summed E-state index contributed by atoms with van der Waals surface area (Å²) in [6.45, 7) is 5.51. The highest BCUT2D eigenvalue weighted by Gasteiger charge is 2.32. The van der Waals surface area contributed by atoms with Crippen molar-refractivity contribution in [2.45, 2.75) is 39.4 Å². The molecule has 1 aromatic carbocycles. The van der Waals surface area contributed by atoms with E-state index in [0.717, 1.165) is 24.4 Å². The molecule has 25 heavy (non-hydrogen) atoms. The monoisotopic (exact) mass is 380 g/mol. The number of hydrogen-bond donors (Lipinski definition) is 1. The maximum Gasteiger partial charge on any atom is 0.217 e. The second kappa shape index (κ2) is 7.39. The zero-order valence-corrected chi connectivity index (χ0v) is 16.2. The molecule has 136 valence electrons. The van der Waals surface area contributed by atoms with E-state index in [1.165, 1.54) is 5.56 Å². The van der Waals surface area contributed by atoms with Crippen LogP contribution in [-0.2, 0) is 16.5 Å². The van der Waals surface area contributed by atoms with Crippen LogP contribution in [0.4, 0.5) is 0 Å². The van der Waals surface area contributed by atoms with Crippen molar-refractivity contribution < 1.29 is 8.42 Å². The van der Waals surface area contributed by atoms with E-state index in [9.17, 15) is 8.42 Å². The molecule has 1 aliphatic rings. The molecule has 0 aliphatic carbocycles. The third-order valence-corrected chi connectivity index (χ3v) is 6.62. The van der Waals surface area contributed by atoms with Crippen molar-refractivity contribution in [3.8, 4) is 11.4 Å². The number of benzene rings is 1. The fourth-order valence-corrected chi connectivity index (χ4v) is 5.15. The predicted molar refractivity (Wildman–Crippen MR) is 102 cm³/mol. The Morgan fingerprint density at radius 3 is 2.68 bits per heavy atom. The van der Waals surface area contributed by atoms with Crippen molar-refractivity contribution in [3.05, 3.63) is 34.6 Å². The Balaban J connectivity index is 1.81. The van der Waals surface area contributed by atoms with Crippen molar-refractivity contribution in [1.82, 2.24) is 19.7 Å². The minimum atomic E-state index is -2.91. The lowest BCUT2D eigenvalue weighted by atomic mass is 10.1. The summed E-state index contributed by atoms with van der Waals surface area (Å²) in [6.07, 6.45) is 1.65. The first-order valence-electron chi connectivity index (χ1n) is 8.56. The Morgan fingerprint density at radius 2 is 2.08 bits per heavy atom. The molecule has 0 radical (unpaired) electrons. The number of rotatable bonds is 6. The summed E-state index contributed by atoms with van der Waals surface area (Å²) >= 11 is 5.40. The van der Waals surface area contributed by atoms with Crippen LogP contribution in [0.25, 0.3) is 11.4 Å². The summed E-state index contributed by atoms with van der Waals surface area (Å²) in [4.78, 5) is 6.65. The summed E-state index contributed by atoms with van der Waals surface area (Å²) in [5.41, 5.74) is 2.18. The lowest BCUT2D eigenvalue weighted by Gasteiger charge is -2.27. The molecule has 0 bridgehead atoms. The van der Waals surface area contributed by atoms with Gasteiger partial charge in [0.05, 0.1) is 18.2 Å². The maximum atomic E-state index is 11.8. The van der Waals surface area contributed by atoms with Gasteiger partial charge in [-0.05, 0) is 38.5 Å². The lowest BCUT2D eigenvalue weighted by Crippen LogP contribution is -2.38. The van der Waals surface area contributed by atoms with Gasteiger partial charge in [0.15, 0.2) is 15.7 Å². The number of aryl methyl sites for hydroxylation is 1. The zero-order chi connectivity index (χ0) is 18.0. The fraction of sp³-hybridized carbons (Fsp3) is 0.529. The number of aromatic amines is 1. The lowest BCUT2D eigenvalue weighted by molar-refractivity contribution is 0.155. The molecule has 1 aliphatic heterocycles.